The summed E-state index contributed by atoms with van der Waals surface area (Å²) in [6, 6.07) is 0.436. The summed E-state index contributed by atoms with van der Waals surface area (Å²) in [6.45, 7) is 8.40. The van der Waals surface area contributed by atoms with E-state index in [2.05, 4.69) is 32.7 Å². The fraction of sp³-hybridized carbons (Fsp3) is 1.00. The minimum Gasteiger partial charge on any atom is -0.383 e. The Kier molecular flexibility index (Phi) is 6.09. The number of hydrogen-bond donors (Lipinski definition) is 1. The standard InChI is InChI=1S/C15H32N2O/c1-12(2)8-9-15(11-16,14-6-7-14)17(4)13(3)10-18-5/h12-14H,6-11,16H2,1-5H3. The highest BCUT2D eigenvalue weighted by Gasteiger charge is 2.47. The zero-order chi connectivity index (χ0) is 13.8. The third kappa shape index (κ3) is 3.69. The molecule has 0 aromatic heterocycles. The van der Waals surface area contributed by atoms with Crippen molar-refractivity contribution < 1.29 is 4.74 Å². The predicted octanol–water partition coefficient (Wildman–Crippen LogP) is 2.50. The zero-order valence-corrected chi connectivity index (χ0v) is 12.9. The minimum atomic E-state index is 0.197. The zero-order valence-electron chi connectivity index (χ0n) is 12.9. The van der Waals surface area contributed by atoms with Crippen LogP contribution in [0.15, 0.2) is 0 Å². The van der Waals surface area contributed by atoms with E-state index in [1.54, 1.807) is 7.11 Å². The second kappa shape index (κ2) is 6.88. The second-order valence-corrected chi connectivity index (χ2v) is 6.43. The summed E-state index contributed by atoms with van der Waals surface area (Å²) in [5, 5.41) is 0. The van der Waals surface area contributed by atoms with Crippen molar-refractivity contribution in [2.45, 2.75) is 58.0 Å². The molecule has 1 saturated carbocycles. The summed E-state index contributed by atoms with van der Waals surface area (Å²) >= 11 is 0. The second-order valence-electron chi connectivity index (χ2n) is 6.43. The smallest absolute Gasteiger partial charge is 0.0615 e. The molecule has 0 aromatic carbocycles. The lowest BCUT2D eigenvalue weighted by Crippen LogP contribution is -2.58. The van der Waals surface area contributed by atoms with Crippen LogP contribution >= 0.6 is 0 Å². The molecule has 0 spiro atoms. The molecular formula is C15H32N2O. The first-order chi connectivity index (χ1) is 8.47. The highest BCUT2D eigenvalue weighted by atomic mass is 16.5. The van der Waals surface area contributed by atoms with Crippen LogP contribution in [0.25, 0.3) is 0 Å². The Morgan fingerprint density at radius 1 is 1.33 bits per heavy atom. The summed E-state index contributed by atoms with van der Waals surface area (Å²) in [5.41, 5.74) is 6.38. The molecule has 3 heteroatoms. The van der Waals surface area contributed by atoms with Gasteiger partial charge in [0, 0.05) is 25.2 Å². The van der Waals surface area contributed by atoms with Gasteiger partial charge in [-0.15, -0.1) is 0 Å². The van der Waals surface area contributed by atoms with Crippen molar-refractivity contribution in [1.29, 1.82) is 0 Å². The number of methoxy groups -OCH3 is 1. The highest BCUT2D eigenvalue weighted by Crippen LogP contribution is 2.45. The van der Waals surface area contributed by atoms with Gasteiger partial charge in [-0.25, -0.2) is 0 Å². The van der Waals surface area contributed by atoms with Gasteiger partial charge < -0.3 is 10.5 Å². The number of ether oxygens (including phenoxy) is 1. The third-order valence-electron chi connectivity index (χ3n) is 4.62. The van der Waals surface area contributed by atoms with Gasteiger partial charge in [0.25, 0.3) is 0 Å². The summed E-state index contributed by atoms with van der Waals surface area (Å²) in [4.78, 5) is 2.50. The summed E-state index contributed by atoms with van der Waals surface area (Å²) in [6.07, 6.45) is 5.17. The fourth-order valence-electron chi connectivity index (χ4n) is 3.03. The van der Waals surface area contributed by atoms with Crippen molar-refractivity contribution in [3.8, 4) is 0 Å². The van der Waals surface area contributed by atoms with Crippen LogP contribution in [-0.4, -0.2) is 43.8 Å². The largest absolute Gasteiger partial charge is 0.383 e. The molecule has 0 saturated heterocycles. The minimum absolute atomic E-state index is 0.197. The maximum absolute atomic E-state index is 6.19. The van der Waals surface area contributed by atoms with E-state index in [1.165, 1.54) is 25.7 Å². The first-order valence-corrected chi connectivity index (χ1v) is 7.40. The van der Waals surface area contributed by atoms with Crippen LogP contribution in [0.1, 0.15) is 46.5 Å². The average molecular weight is 256 g/mol. The molecular weight excluding hydrogens is 224 g/mol. The highest BCUT2D eigenvalue weighted by molar-refractivity contribution is 5.03. The topological polar surface area (TPSA) is 38.5 Å². The van der Waals surface area contributed by atoms with E-state index in [0.717, 1.165) is 25.0 Å². The molecule has 0 radical (unpaired) electrons. The molecule has 0 amide bonds. The molecule has 1 fully saturated rings. The Morgan fingerprint density at radius 3 is 2.33 bits per heavy atom. The Bertz CT molecular complexity index is 241. The van der Waals surface area contributed by atoms with Gasteiger partial charge in [-0.05, 0) is 51.5 Å². The Morgan fingerprint density at radius 2 is 1.94 bits per heavy atom. The number of nitrogens with zero attached hydrogens (tertiary/aromatic N) is 1. The maximum atomic E-state index is 6.19. The molecule has 18 heavy (non-hydrogen) atoms. The first-order valence-electron chi connectivity index (χ1n) is 7.40. The van der Waals surface area contributed by atoms with Gasteiger partial charge in [0.1, 0.15) is 0 Å². The van der Waals surface area contributed by atoms with Crippen molar-refractivity contribution >= 4 is 0 Å². The molecule has 0 heterocycles. The molecule has 0 aromatic rings. The van der Waals surface area contributed by atoms with E-state index in [9.17, 15) is 0 Å². The number of rotatable bonds is 9. The lowest BCUT2D eigenvalue weighted by atomic mass is 9.83. The number of hydrogen-bond acceptors (Lipinski definition) is 3. The summed E-state index contributed by atoms with van der Waals surface area (Å²) in [5.74, 6) is 1.55. The molecule has 108 valence electrons. The Balaban J connectivity index is 2.74. The van der Waals surface area contributed by atoms with Gasteiger partial charge >= 0.3 is 0 Å². The molecule has 2 N–H and O–H groups in total. The van der Waals surface area contributed by atoms with Crippen LogP contribution in [-0.2, 0) is 4.74 Å². The van der Waals surface area contributed by atoms with E-state index in [4.69, 9.17) is 10.5 Å². The Labute approximate surface area is 113 Å². The molecule has 1 aliphatic rings. The van der Waals surface area contributed by atoms with Crippen LogP contribution in [0.2, 0.25) is 0 Å². The van der Waals surface area contributed by atoms with E-state index in [-0.39, 0.29) is 5.54 Å². The lowest BCUT2D eigenvalue weighted by molar-refractivity contribution is 0.0163. The van der Waals surface area contributed by atoms with E-state index < -0.39 is 0 Å². The van der Waals surface area contributed by atoms with Crippen molar-refractivity contribution in [2.75, 3.05) is 27.3 Å². The van der Waals surface area contributed by atoms with Crippen LogP contribution in [0, 0.1) is 11.8 Å². The van der Waals surface area contributed by atoms with E-state index >= 15 is 0 Å². The molecule has 1 aliphatic carbocycles. The predicted molar refractivity (Wildman–Crippen MR) is 77.7 cm³/mol. The average Bonchev–Trinajstić information content (AvgIpc) is 3.15. The van der Waals surface area contributed by atoms with Gasteiger partial charge in [-0.2, -0.15) is 0 Å². The quantitative estimate of drug-likeness (QED) is 0.689. The maximum Gasteiger partial charge on any atom is 0.0615 e. The number of likely N-dealkylation sites (N-methyl/N-ethyl adjacent to an activating group) is 1. The van der Waals surface area contributed by atoms with Gasteiger partial charge in [0.15, 0.2) is 0 Å². The molecule has 1 rings (SSSR count). The van der Waals surface area contributed by atoms with Crippen LogP contribution in [0.5, 0.6) is 0 Å². The molecule has 2 unspecified atom stereocenters. The van der Waals surface area contributed by atoms with Gasteiger partial charge in [0.05, 0.1) is 6.61 Å². The fourth-order valence-corrected chi connectivity index (χ4v) is 3.03. The molecule has 0 bridgehead atoms. The van der Waals surface area contributed by atoms with Crippen molar-refractivity contribution in [3.05, 3.63) is 0 Å². The van der Waals surface area contributed by atoms with Crippen LogP contribution in [0.3, 0.4) is 0 Å². The monoisotopic (exact) mass is 256 g/mol. The van der Waals surface area contributed by atoms with Crippen molar-refractivity contribution in [2.24, 2.45) is 17.6 Å². The van der Waals surface area contributed by atoms with Gasteiger partial charge in [-0.1, -0.05) is 13.8 Å². The van der Waals surface area contributed by atoms with Gasteiger partial charge in [-0.3, -0.25) is 4.90 Å². The van der Waals surface area contributed by atoms with Crippen LogP contribution in [0.4, 0.5) is 0 Å². The SMILES string of the molecule is COCC(C)N(C)C(CN)(CCC(C)C)C1CC1. The molecule has 2 atom stereocenters. The summed E-state index contributed by atoms with van der Waals surface area (Å²) in [7, 11) is 4.01. The molecule has 0 aliphatic heterocycles. The third-order valence-corrected chi connectivity index (χ3v) is 4.62. The van der Waals surface area contributed by atoms with Crippen molar-refractivity contribution in [1.82, 2.24) is 4.90 Å². The first kappa shape index (κ1) is 15.9. The molecule has 3 nitrogen and oxygen atoms in total. The number of nitrogens with two attached hydrogens (primary N) is 1. The van der Waals surface area contributed by atoms with E-state index in [0.29, 0.717) is 6.04 Å². The summed E-state index contributed by atoms with van der Waals surface area (Å²) < 4.78 is 5.31. The van der Waals surface area contributed by atoms with Crippen molar-refractivity contribution in [3.63, 3.8) is 0 Å². The normalized spacial score (nSPS) is 21.3. The van der Waals surface area contributed by atoms with Gasteiger partial charge in [0.2, 0.25) is 0 Å². The van der Waals surface area contributed by atoms with Crippen LogP contribution < -0.4 is 5.73 Å². The van der Waals surface area contributed by atoms with E-state index in [1.807, 2.05) is 0 Å². The Hall–Kier alpha value is -0.120. The lowest BCUT2D eigenvalue weighted by Gasteiger charge is -2.45.